The van der Waals surface area contributed by atoms with Gasteiger partial charge in [-0.2, -0.15) is 13.2 Å². The lowest BCUT2D eigenvalue weighted by Gasteiger charge is -2.33. The molecule has 2 N–H and O–H groups in total. The van der Waals surface area contributed by atoms with E-state index in [1.165, 1.54) is 11.0 Å². The van der Waals surface area contributed by atoms with E-state index in [0.29, 0.717) is 0 Å². The number of hydrogen-bond acceptors (Lipinski definition) is 3. The first-order valence-corrected chi connectivity index (χ1v) is 7.31. The number of ether oxygens (including phenoxy) is 1. The van der Waals surface area contributed by atoms with Gasteiger partial charge >= 0.3 is 6.18 Å². The maximum Gasteiger partial charge on any atom is 0.391 e. The second kappa shape index (κ2) is 8.53. The summed E-state index contributed by atoms with van der Waals surface area (Å²) in [7, 11) is 0. The summed E-state index contributed by atoms with van der Waals surface area (Å²) in [4.78, 5) is 13.8. The molecule has 2 rings (SSSR count). The average Bonchev–Trinajstić information content (AvgIpc) is 2.52. The smallest absolute Gasteiger partial charge is 0.391 e. The molecule has 24 heavy (non-hydrogen) atoms. The van der Waals surface area contributed by atoms with Gasteiger partial charge in [0.2, 0.25) is 0 Å². The maximum absolute atomic E-state index is 13.4. The summed E-state index contributed by atoms with van der Waals surface area (Å²) in [5.41, 5.74) is 5.33. The molecule has 0 unspecified atom stereocenters. The summed E-state index contributed by atoms with van der Waals surface area (Å²) in [5, 5.41) is 0. The molecule has 1 heterocycles. The topological polar surface area (TPSA) is 55.6 Å². The minimum atomic E-state index is -4.25. The van der Waals surface area contributed by atoms with Crippen molar-refractivity contribution in [3.8, 4) is 5.75 Å². The van der Waals surface area contributed by atoms with Crippen molar-refractivity contribution in [3.63, 3.8) is 0 Å². The number of alkyl halides is 3. The number of halogens is 5. The van der Waals surface area contributed by atoms with Crippen LogP contribution in [0.15, 0.2) is 18.2 Å². The number of nitrogens with two attached hydrogens (primary N) is 1. The number of amides is 1. The third-order valence-corrected chi connectivity index (χ3v) is 3.79. The summed E-state index contributed by atoms with van der Waals surface area (Å²) in [6.45, 7) is 0.343. The van der Waals surface area contributed by atoms with Crippen molar-refractivity contribution in [2.24, 2.45) is 11.7 Å². The number of carbonyl (C=O) groups is 1. The van der Waals surface area contributed by atoms with E-state index in [1.54, 1.807) is 0 Å². The van der Waals surface area contributed by atoms with Crippen LogP contribution in [0, 0.1) is 11.7 Å². The molecular formula is C15H19ClF4N2O2. The predicted molar refractivity (Wildman–Crippen MR) is 82.9 cm³/mol. The Morgan fingerprint density at radius 1 is 1.29 bits per heavy atom. The third-order valence-electron chi connectivity index (χ3n) is 3.79. The van der Waals surface area contributed by atoms with Crippen LogP contribution in [0.2, 0.25) is 0 Å². The lowest BCUT2D eigenvalue weighted by Crippen LogP contribution is -2.42. The van der Waals surface area contributed by atoms with Crippen LogP contribution < -0.4 is 10.5 Å². The second-order valence-corrected chi connectivity index (χ2v) is 5.39. The van der Waals surface area contributed by atoms with E-state index >= 15 is 0 Å². The van der Waals surface area contributed by atoms with Crippen LogP contribution in [0.5, 0.6) is 5.75 Å². The first-order chi connectivity index (χ1) is 10.8. The molecule has 1 saturated heterocycles. The van der Waals surface area contributed by atoms with Crippen LogP contribution in [0.3, 0.4) is 0 Å². The van der Waals surface area contributed by atoms with Gasteiger partial charge in [0.25, 0.3) is 5.91 Å². The number of carbonyl (C=O) groups excluding carboxylic acids is 1. The van der Waals surface area contributed by atoms with Crippen LogP contribution >= 0.6 is 12.4 Å². The zero-order valence-electron chi connectivity index (χ0n) is 12.8. The van der Waals surface area contributed by atoms with Gasteiger partial charge in [-0.15, -0.1) is 12.4 Å². The van der Waals surface area contributed by atoms with Gasteiger partial charge in [0.15, 0.2) is 0 Å². The number of hydrogen-bond donors (Lipinski definition) is 1. The minimum absolute atomic E-state index is 0. The number of likely N-dealkylation sites (tertiary alicyclic amines) is 1. The molecule has 1 aliphatic rings. The van der Waals surface area contributed by atoms with Crippen LogP contribution in [0.4, 0.5) is 17.6 Å². The Kier molecular flexibility index (Phi) is 7.28. The van der Waals surface area contributed by atoms with E-state index in [4.69, 9.17) is 10.5 Å². The molecule has 1 aromatic carbocycles. The molecule has 1 aliphatic heterocycles. The van der Waals surface area contributed by atoms with Crippen molar-refractivity contribution in [3.05, 3.63) is 29.6 Å². The van der Waals surface area contributed by atoms with E-state index in [9.17, 15) is 22.4 Å². The number of nitrogens with zero attached hydrogens (tertiary/aromatic N) is 1. The monoisotopic (exact) mass is 370 g/mol. The van der Waals surface area contributed by atoms with Gasteiger partial charge in [0.1, 0.15) is 18.2 Å². The number of piperidine rings is 1. The Labute approximate surface area is 143 Å². The van der Waals surface area contributed by atoms with Crippen molar-refractivity contribution in [2.45, 2.75) is 19.0 Å². The highest BCUT2D eigenvalue weighted by atomic mass is 35.5. The maximum atomic E-state index is 13.4. The first kappa shape index (κ1) is 20.5. The molecule has 0 atom stereocenters. The van der Waals surface area contributed by atoms with E-state index in [2.05, 4.69) is 0 Å². The second-order valence-electron chi connectivity index (χ2n) is 5.39. The highest BCUT2D eigenvalue weighted by molar-refractivity contribution is 5.97. The largest absolute Gasteiger partial charge is 0.491 e. The summed E-state index contributed by atoms with van der Waals surface area (Å²) in [6, 6.07) is 3.50. The number of benzene rings is 1. The van der Waals surface area contributed by atoms with Crippen molar-refractivity contribution in [2.75, 3.05) is 26.2 Å². The van der Waals surface area contributed by atoms with E-state index < -0.39 is 23.8 Å². The van der Waals surface area contributed by atoms with Crippen molar-refractivity contribution >= 4 is 18.3 Å². The Morgan fingerprint density at radius 2 is 1.92 bits per heavy atom. The molecular weight excluding hydrogens is 352 g/mol. The Bertz CT molecular complexity index is 561. The zero-order valence-corrected chi connectivity index (χ0v) is 13.6. The molecule has 0 aromatic heterocycles. The Morgan fingerprint density at radius 3 is 2.46 bits per heavy atom. The summed E-state index contributed by atoms with van der Waals surface area (Å²) in [5.74, 6) is -2.36. The molecule has 9 heteroatoms. The Hall–Kier alpha value is -1.54. The molecule has 1 fully saturated rings. The van der Waals surface area contributed by atoms with Gasteiger partial charge in [-0.1, -0.05) is 0 Å². The molecule has 0 bridgehead atoms. The fraction of sp³-hybridized carbons (Fsp3) is 0.533. The summed E-state index contributed by atoms with van der Waals surface area (Å²) in [6.07, 6.45) is -4.55. The molecule has 0 radical (unpaired) electrons. The molecule has 1 amide bonds. The highest BCUT2D eigenvalue weighted by Crippen LogP contribution is 2.34. The molecule has 0 saturated carbocycles. The summed E-state index contributed by atoms with van der Waals surface area (Å²) < 4.78 is 56.7. The van der Waals surface area contributed by atoms with Crippen molar-refractivity contribution < 1.29 is 27.1 Å². The van der Waals surface area contributed by atoms with Gasteiger partial charge in [-0.3, -0.25) is 4.79 Å². The van der Waals surface area contributed by atoms with E-state index in [1.807, 2.05) is 0 Å². The molecule has 136 valence electrons. The lowest BCUT2D eigenvalue weighted by molar-refractivity contribution is -0.183. The zero-order chi connectivity index (χ0) is 17.0. The van der Waals surface area contributed by atoms with E-state index in [0.717, 1.165) is 12.1 Å². The van der Waals surface area contributed by atoms with Gasteiger partial charge in [-0.05, 0) is 31.0 Å². The highest BCUT2D eigenvalue weighted by Gasteiger charge is 2.42. The van der Waals surface area contributed by atoms with Crippen molar-refractivity contribution in [1.82, 2.24) is 4.90 Å². The fourth-order valence-electron chi connectivity index (χ4n) is 2.54. The van der Waals surface area contributed by atoms with Crippen molar-refractivity contribution in [1.29, 1.82) is 0 Å². The van der Waals surface area contributed by atoms with E-state index in [-0.39, 0.29) is 62.8 Å². The molecule has 0 spiro atoms. The van der Waals surface area contributed by atoms with Gasteiger partial charge < -0.3 is 15.4 Å². The van der Waals surface area contributed by atoms with Crippen LogP contribution in [-0.4, -0.2) is 43.2 Å². The van der Waals surface area contributed by atoms with Crippen LogP contribution in [0.1, 0.15) is 23.2 Å². The Balaban J connectivity index is 0.00000288. The van der Waals surface area contributed by atoms with Crippen LogP contribution in [0.25, 0.3) is 0 Å². The first-order valence-electron chi connectivity index (χ1n) is 7.31. The predicted octanol–water partition coefficient (Wildman–Crippen LogP) is 3.00. The standard InChI is InChI=1S/C15H18F4N2O2.ClH/c16-11-1-2-13(23-8-5-20)12(9-11)14(22)21-6-3-10(4-7-21)15(17,18)19;/h1-2,9-10H,3-8,20H2;1H. The SMILES string of the molecule is Cl.NCCOc1ccc(F)cc1C(=O)N1CCC(C(F)(F)F)CC1. The minimum Gasteiger partial charge on any atom is -0.491 e. The lowest BCUT2D eigenvalue weighted by atomic mass is 9.96. The average molecular weight is 371 g/mol. The molecule has 4 nitrogen and oxygen atoms in total. The fourth-order valence-corrected chi connectivity index (χ4v) is 2.54. The molecule has 0 aliphatic carbocycles. The quantitative estimate of drug-likeness (QED) is 0.829. The molecule has 1 aromatic rings. The van der Waals surface area contributed by atoms with Gasteiger partial charge in [0.05, 0.1) is 11.5 Å². The third kappa shape index (κ3) is 4.98. The normalized spacial score (nSPS) is 15.8. The van der Waals surface area contributed by atoms with Gasteiger partial charge in [-0.25, -0.2) is 4.39 Å². The van der Waals surface area contributed by atoms with Gasteiger partial charge in [0, 0.05) is 19.6 Å². The number of rotatable bonds is 4. The summed E-state index contributed by atoms with van der Waals surface area (Å²) >= 11 is 0. The van der Waals surface area contributed by atoms with Crippen LogP contribution in [-0.2, 0) is 0 Å².